The number of carbonyl (C=O) groups is 2. The highest BCUT2D eigenvalue weighted by molar-refractivity contribution is 5.94. The van der Waals surface area contributed by atoms with E-state index in [-0.39, 0.29) is 18.0 Å². The minimum Gasteiger partial charge on any atom is -0.392 e. The zero-order valence-corrected chi connectivity index (χ0v) is 17.5. The third kappa shape index (κ3) is 6.80. The highest BCUT2D eigenvalue weighted by Crippen LogP contribution is 2.22. The van der Waals surface area contributed by atoms with E-state index >= 15 is 0 Å². The maximum Gasteiger partial charge on any atom is 0.321 e. The maximum atomic E-state index is 12.6. The van der Waals surface area contributed by atoms with Gasteiger partial charge in [-0.2, -0.15) is 0 Å². The molecule has 0 saturated carbocycles. The van der Waals surface area contributed by atoms with Gasteiger partial charge in [0.1, 0.15) is 0 Å². The van der Waals surface area contributed by atoms with Crippen LogP contribution in [0.25, 0.3) is 0 Å². The molecule has 1 aromatic rings. The SMILES string of the molecule is CCC(=O)Nc1ccc(C)c(NC(=O)N(C)CC2CCN(C[C@H](C)O)CC2)c1. The zero-order valence-electron chi connectivity index (χ0n) is 17.5. The molecule has 0 radical (unpaired) electrons. The number of carbonyl (C=O) groups excluding carboxylic acids is 2. The third-order valence-corrected chi connectivity index (χ3v) is 5.19. The first-order valence-corrected chi connectivity index (χ1v) is 10.1. The summed E-state index contributed by atoms with van der Waals surface area (Å²) in [6, 6.07) is 5.37. The number of rotatable bonds is 7. The number of hydrogen-bond acceptors (Lipinski definition) is 4. The standard InChI is InChI=1S/C21H34N4O3/c1-5-20(27)22-18-7-6-15(2)19(12-18)23-21(28)24(4)14-17-8-10-25(11-9-17)13-16(3)26/h6-7,12,16-17,26H,5,8-11,13-14H2,1-4H3,(H,22,27)(H,23,28)/t16-/m0/s1. The smallest absolute Gasteiger partial charge is 0.321 e. The lowest BCUT2D eigenvalue weighted by molar-refractivity contribution is -0.115. The van der Waals surface area contributed by atoms with Crippen LogP contribution in [-0.4, -0.2) is 66.2 Å². The third-order valence-electron chi connectivity index (χ3n) is 5.19. The first-order valence-electron chi connectivity index (χ1n) is 10.1. The van der Waals surface area contributed by atoms with E-state index < -0.39 is 0 Å². The topological polar surface area (TPSA) is 84.9 Å². The van der Waals surface area contributed by atoms with Gasteiger partial charge in [-0.25, -0.2) is 4.79 Å². The number of likely N-dealkylation sites (tertiary alicyclic amines) is 1. The van der Waals surface area contributed by atoms with Gasteiger partial charge in [0.05, 0.1) is 6.10 Å². The Labute approximate surface area is 168 Å². The van der Waals surface area contributed by atoms with Gasteiger partial charge in [-0.15, -0.1) is 0 Å². The number of nitrogens with zero attached hydrogens (tertiary/aromatic N) is 2. The molecular weight excluding hydrogens is 356 g/mol. The molecule has 1 saturated heterocycles. The fraction of sp³-hybridized carbons (Fsp3) is 0.619. The van der Waals surface area contributed by atoms with E-state index in [9.17, 15) is 14.7 Å². The molecule has 2 rings (SSSR count). The molecule has 1 atom stereocenters. The lowest BCUT2D eigenvalue weighted by Gasteiger charge is -2.34. The summed E-state index contributed by atoms with van der Waals surface area (Å²) in [6.07, 6.45) is 2.17. The lowest BCUT2D eigenvalue weighted by atomic mass is 9.96. The van der Waals surface area contributed by atoms with Crippen LogP contribution in [0.15, 0.2) is 18.2 Å². The fourth-order valence-corrected chi connectivity index (χ4v) is 3.49. The van der Waals surface area contributed by atoms with Gasteiger partial charge in [0, 0.05) is 37.9 Å². The van der Waals surface area contributed by atoms with Crippen LogP contribution < -0.4 is 10.6 Å². The highest BCUT2D eigenvalue weighted by atomic mass is 16.3. The van der Waals surface area contributed by atoms with Crippen LogP contribution in [0.2, 0.25) is 0 Å². The molecule has 1 fully saturated rings. The number of amides is 3. The monoisotopic (exact) mass is 390 g/mol. The average Bonchev–Trinajstić information content (AvgIpc) is 2.65. The van der Waals surface area contributed by atoms with Crippen molar-refractivity contribution in [3.05, 3.63) is 23.8 Å². The molecule has 7 heteroatoms. The van der Waals surface area contributed by atoms with Crippen molar-refractivity contribution in [2.24, 2.45) is 5.92 Å². The Morgan fingerprint density at radius 2 is 1.96 bits per heavy atom. The van der Waals surface area contributed by atoms with Crippen molar-refractivity contribution in [2.75, 3.05) is 43.9 Å². The van der Waals surface area contributed by atoms with Crippen molar-refractivity contribution in [3.63, 3.8) is 0 Å². The van der Waals surface area contributed by atoms with Gasteiger partial charge in [-0.1, -0.05) is 13.0 Å². The van der Waals surface area contributed by atoms with Gasteiger partial charge < -0.3 is 25.5 Å². The predicted molar refractivity (Wildman–Crippen MR) is 113 cm³/mol. The van der Waals surface area contributed by atoms with E-state index in [1.165, 1.54) is 0 Å². The Hall–Kier alpha value is -2.12. The van der Waals surface area contributed by atoms with Gasteiger partial charge in [-0.3, -0.25) is 4.79 Å². The van der Waals surface area contributed by atoms with Crippen LogP contribution >= 0.6 is 0 Å². The number of nitrogens with one attached hydrogen (secondary N) is 2. The summed E-state index contributed by atoms with van der Waals surface area (Å²) in [5.41, 5.74) is 2.33. The quantitative estimate of drug-likeness (QED) is 0.668. The summed E-state index contributed by atoms with van der Waals surface area (Å²) in [6.45, 7) is 8.89. The number of piperidine rings is 1. The first kappa shape index (κ1) is 22.2. The van der Waals surface area contributed by atoms with Crippen molar-refractivity contribution in [1.82, 2.24) is 9.80 Å². The Kier molecular flexibility index (Phi) is 8.26. The number of benzene rings is 1. The van der Waals surface area contributed by atoms with Crippen molar-refractivity contribution in [3.8, 4) is 0 Å². The van der Waals surface area contributed by atoms with E-state index in [0.29, 0.717) is 36.8 Å². The summed E-state index contributed by atoms with van der Waals surface area (Å²) in [4.78, 5) is 28.2. The summed E-state index contributed by atoms with van der Waals surface area (Å²) in [5.74, 6) is 0.414. The summed E-state index contributed by atoms with van der Waals surface area (Å²) in [5, 5.41) is 15.3. The molecule has 7 nitrogen and oxygen atoms in total. The number of aliphatic hydroxyl groups is 1. The van der Waals surface area contributed by atoms with Crippen LogP contribution in [0.5, 0.6) is 0 Å². The van der Waals surface area contributed by atoms with Crippen LogP contribution in [0.3, 0.4) is 0 Å². The van der Waals surface area contributed by atoms with E-state index in [4.69, 9.17) is 0 Å². The number of hydrogen-bond donors (Lipinski definition) is 3. The number of aliphatic hydroxyl groups excluding tert-OH is 1. The van der Waals surface area contributed by atoms with Gasteiger partial charge >= 0.3 is 6.03 Å². The van der Waals surface area contributed by atoms with Crippen molar-refractivity contribution in [1.29, 1.82) is 0 Å². The second-order valence-electron chi connectivity index (χ2n) is 7.84. The molecule has 3 N–H and O–H groups in total. The normalized spacial score (nSPS) is 16.5. The van der Waals surface area contributed by atoms with E-state index in [0.717, 1.165) is 31.5 Å². The largest absolute Gasteiger partial charge is 0.392 e. The minimum atomic E-state index is -0.300. The van der Waals surface area contributed by atoms with Crippen LogP contribution in [-0.2, 0) is 4.79 Å². The summed E-state index contributed by atoms with van der Waals surface area (Å²) < 4.78 is 0. The Bertz CT molecular complexity index is 670. The lowest BCUT2D eigenvalue weighted by Crippen LogP contribution is -2.42. The van der Waals surface area contributed by atoms with Crippen LogP contribution in [0.1, 0.15) is 38.7 Å². The molecule has 1 aromatic carbocycles. The first-order chi connectivity index (χ1) is 13.3. The van der Waals surface area contributed by atoms with Crippen molar-refractivity contribution >= 4 is 23.3 Å². The van der Waals surface area contributed by atoms with E-state index in [2.05, 4.69) is 15.5 Å². The molecule has 0 spiro atoms. The zero-order chi connectivity index (χ0) is 20.7. The minimum absolute atomic E-state index is 0.0554. The summed E-state index contributed by atoms with van der Waals surface area (Å²) in [7, 11) is 1.82. The fourth-order valence-electron chi connectivity index (χ4n) is 3.49. The Morgan fingerprint density at radius 1 is 1.29 bits per heavy atom. The van der Waals surface area contributed by atoms with Gasteiger partial charge in [0.15, 0.2) is 0 Å². The van der Waals surface area contributed by atoms with Gasteiger partial charge in [-0.05, 0) is 63.4 Å². The predicted octanol–water partition coefficient (Wildman–Crippen LogP) is 2.90. The molecule has 0 aromatic heterocycles. The van der Waals surface area contributed by atoms with Crippen LogP contribution in [0, 0.1) is 12.8 Å². The average molecular weight is 391 g/mol. The van der Waals surface area contributed by atoms with Crippen molar-refractivity contribution < 1.29 is 14.7 Å². The second kappa shape index (κ2) is 10.4. The molecule has 0 aliphatic carbocycles. The molecule has 0 bridgehead atoms. The highest BCUT2D eigenvalue weighted by Gasteiger charge is 2.22. The van der Waals surface area contributed by atoms with Gasteiger partial charge in [0.2, 0.25) is 5.91 Å². The number of urea groups is 1. The Morgan fingerprint density at radius 3 is 2.57 bits per heavy atom. The molecule has 28 heavy (non-hydrogen) atoms. The molecule has 3 amide bonds. The van der Waals surface area contributed by atoms with Gasteiger partial charge in [0.25, 0.3) is 0 Å². The molecular formula is C21H34N4O3. The summed E-state index contributed by atoms with van der Waals surface area (Å²) >= 11 is 0. The number of β-amino-alcohol motifs (C(OH)–C–C–N with tert-alkyl or cyclic N) is 1. The van der Waals surface area contributed by atoms with Crippen molar-refractivity contribution in [2.45, 2.75) is 46.1 Å². The maximum absolute atomic E-state index is 12.6. The van der Waals surface area contributed by atoms with Crippen LogP contribution in [0.4, 0.5) is 16.2 Å². The van der Waals surface area contributed by atoms with E-state index in [1.54, 1.807) is 17.9 Å². The molecule has 1 aliphatic rings. The number of anilines is 2. The molecule has 0 unspecified atom stereocenters. The second-order valence-corrected chi connectivity index (χ2v) is 7.84. The molecule has 1 aliphatic heterocycles. The Balaban J connectivity index is 1.87. The van der Waals surface area contributed by atoms with E-state index in [1.807, 2.05) is 33.0 Å². The molecule has 1 heterocycles. The molecule has 156 valence electrons. The number of aryl methyl sites for hydroxylation is 1.